The number of amides is 1. The fraction of sp³-hybridized carbons (Fsp3) is 0.333. The highest BCUT2D eigenvalue weighted by Gasteiger charge is 2.24. The number of hydrogen-bond donors (Lipinski definition) is 1. The largest absolute Gasteiger partial charge is 0.322 e. The van der Waals surface area contributed by atoms with Crippen LogP contribution in [0.15, 0.2) is 36.4 Å². The number of benzene rings is 1. The summed E-state index contributed by atoms with van der Waals surface area (Å²) in [5.41, 5.74) is 7.08. The van der Waals surface area contributed by atoms with Crippen LogP contribution in [-0.2, 0) is 30.5 Å². The fourth-order valence-corrected chi connectivity index (χ4v) is 3.80. The van der Waals surface area contributed by atoms with Gasteiger partial charge in [0, 0.05) is 17.5 Å². The predicted octanol–water partition coefficient (Wildman–Crippen LogP) is 4.10. The molecule has 0 atom stereocenters. The third-order valence-corrected chi connectivity index (χ3v) is 4.98. The van der Waals surface area contributed by atoms with E-state index in [1.54, 1.807) is 6.08 Å². The monoisotopic (exact) mass is 318 g/mol. The number of nitrogens with zero attached hydrogens (tertiary/aromatic N) is 1. The Hall–Kier alpha value is -2.42. The molecule has 1 N–H and O–H groups in total. The Morgan fingerprint density at radius 2 is 1.58 bits per heavy atom. The molecule has 1 aromatic carbocycles. The van der Waals surface area contributed by atoms with Crippen LogP contribution in [0.4, 0.5) is 5.69 Å². The third-order valence-electron chi connectivity index (χ3n) is 4.98. The van der Waals surface area contributed by atoms with E-state index in [9.17, 15) is 4.79 Å². The molecule has 0 unspecified atom stereocenters. The van der Waals surface area contributed by atoms with Gasteiger partial charge < -0.3 is 5.32 Å². The molecule has 1 amide bonds. The Morgan fingerprint density at radius 1 is 0.917 bits per heavy atom. The van der Waals surface area contributed by atoms with Gasteiger partial charge in [-0.05, 0) is 67.7 Å². The molecule has 1 aromatic heterocycles. The van der Waals surface area contributed by atoms with Crippen molar-refractivity contribution in [2.45, 2.75) is 44.9 Å². The number of nitrogens with one attached hydrogen (secondary N) is 1. The molecule has 0 radical (unpaired) electrons. The van der Waals surface area contributed by atoms with Crippen LogP contribution in [0.25, 0.3) is 6.08 Å². The maximum absolute atomic E-state index is 12.5. The van der Waals surface area contributed by atoms with Crippen molar-refractivity contribution in [3.05, 3.63) is 64.5 Å². The summed E-state index contributed by atoms with van der Waals surface area (Å²) >= 11 is 0. The van der Waals surface area contributed by atoms with E-state index in [0.29, 0.717) is 0 Å². The Kier molecular flexibility index (Phi) is 4.16. The van der Waals surface area contributed by atoms with Crippen molar-refractivity contribution in [3.63, 3.8) is 0 Å². The molecule has 122 valence electrons. The number of hydrogen-bond acceptors (Lipinski definition) is 2. The second-order valence-corrected chi connectivity index (χ2v) is 6.63. The average molecular weight is 318 g/mol. The molecule has 0 aliphatic heterocycles. The molecule has 0 spiro atoms. The van der Waals surface area contributed by atoms with E-state index in [-0.39, 0.29) is 5.91 Å². The summed E-state index contributed by atoms with van der Waals surface area (Å²) in [7, 11) is 0. The van der Waals surface area contributed by atoms with Gasteiger partial charge in [0.15, 0.2) is 0 Å². The van der Waals surface area contributed by atoms with Crippen LogP contribution in [0.3, 0.4) is 0 Å². The standard InChI is InChI=1S/C21H22N2O/c24-20(14-13-15-7-2-1-3-8-15)23-21-16-9-4-5-11-18(16)22-19-12-6-10-17(19)21/h1-3,7-8,13-14H,4-6,9-12H2,(H,22,23,24)/b14-13-. The smallest absolute Gasteiger partial charge is 0.248 e. The van der Waals surface area contributed by atoms with Gasteiger partial charge in [-0.3, -0.25) is 9.78 Å². The van der Waals surface area contributed by atoms with Gasteiger partial charge in [0.2, 0.25) is 5.91 Å². The summed E-state index contributed by atoms with van der Waals surface area (Å²) in [5, 5.41) is 3.17. The van der Waals surface area contributed by atoms with Gasteiger partial charge in [-0.25, -0.2) is 0 Å². The van der Waals surface area contributed by atoms with Crippen LogP contribution in [-0.4, -0.2) is 10.9 Å². The number of pyridine rings is 1. The van der Waals surface area contributed by atoms with Gasteiger partial charge in [-0.15, -0.1) is 0 Å². The van der Waals surface area contributed by atoms with Crippen molar-refractivity contribution in [2.75, 3.05) is 5.32 Å². The van der Waals surface area contributed by atoms with Gasteiger partial charge in [0.05, 0.1) is 5.69 Å². The van der Waals surface area contributed by atoms with E-state index in [0.717, 1.165) is 43.4 Å². The van der Waals surface area contributed by atoms with E-state index in [1.165, 1.54) is 35.4 Å². The summed E-state index contributed by atoms with van der Waals surface area (Å²) in [5.74, 6) is -0.0491. The molecule has 4 rings (SSSR count). The fourth-order valence-electron chi connectivity index (χ4n) is 3.80. The third kappa shape index (κ3) is 2.99. The highest BCUT2D eigenvalue weighted by molar-refractivity contribution is 6.03. The normalized spacial score (nSPS) is 16.0. The summed E-state index contributed by atoms with van der Waals surface area (Å²) in [4.78, 5) is 17.3. The zero-order chi connectivity index (χ0) is 16.4. The summed E-state index contributed by atoms with van der Waals surface area (Å²) in [6, 6.07) is 9.92. The number of aryl methyl sites for hydroxylation is 2. The molecule has 0 fully saturated rings. The number of carbonyl (C=O) groups excluding carboxylic acids is 1. The second-order valence-electron chi connectivity index (χ2n) is 6.63. The highest BCUT2D eigenvalue weighted by atomic mass is 16.1. The maximum Gasteiger partial charge on any atom is 0.248 e. The molecule has 2 aliphatic rings. The van der Waals surface area contributed by atoms with Gasteiger partial charge in [-0.2, -0.15) is 0 Å². The van der Waals surface area contributed by atoms with Gasteiger partial charge in [-0.1, -0.05) is 30.3 Å². The van der Waals surface area contributed by atoms with Crippen molar-refractivity contribution < 1.29 is 4.79 Å². The number of fused-ring (bicyclic) bond motifs is 2. The molecular weight excluding hydrogens is 296 g/mol. The van der Waals surface area contributed by atoms with Crippen LogP contribution in [0.1, 0.15) is 47.3 Å². The van der Waals surface area contributed by atoms with Crippen LogP contribution in [0, 0.1) is 0 Å². The molecule has 3 nitrogen and oxygen atoms in total. The average Bonchev–Trinajstić information content (AvgIpc) is 3.09. The van der Waals surface area contributed by atoms with Crippen LogP contribution in [0.5, 0.6) is 0 Å². The first kappa shape index (κ1) is 15.1. The first-order valence-electron chi connectivity index (χ1n) is 8.89. The number of aromatic nitrogens is 1. The van der Waals surface area contributed by atoms with Crippen molar-refractivity contribution in [1.82, 2.24) is 4.98 Å². The lowest BCUT2D eigenvalue weighted by Crippen LogP contribution is -2.17. The Balaban J connectivity index is 1.61. The molecule has 0 saturated carbocycles. The molecule has 0 saturated heterocycles. The molecule has 24 heavy (non-hydrogen) atoms. The predicted molar refractivity (Wildman–Crippen MR) is 97.0 cm³/mol. The van der Waals surface area contributed by atoms with Gasteiger partial charge in [0.1, 0.15) is 0 Å². The SMILES string of the molecule is O=C(/C=C\c1ccccc1)Nc1c2c(nc3c1CCC3)CCCC2. The van der Waals surface area contributed by atoms with Gasteiger partial charge in [0.25, 0.3) is 0 Å². The Bertz CT molecular complexity index is 793. The number of carbonyl (C=O) groups is 1. The van der Waals surface area contributed by atoms with E-state index in [2.05, 4.69) is 5.32 Å². The van der Waals surface area contributed by atoms with E-state index >= 15 is 0 Å². The van der Waals surface area contributed by atoms with Crippen molar-refractivity contribution in [3.8, 4) is 0 Å². The number of rotatable bonds is 3. The quantitative estimate of drug-likeness (QED) is 0.866. The lowest BCUT2D eigenvalue weighted by atomic mass is 9.92. The second kappa shape index (κ2) is 6.60. The topological polar surface area (TPSA) is 42.0 Å². The first-order valence-corrected chi connectivity index (χ1v) is 8.89. The molecule has 1 heterocycles. The van der Waals surface area contributed by atoms with Crippen LogP contribution >= 0.6 is 0 Å². The maximum atomic E-state index is 12.5. The lowest BCUT2D eigenvalue weighted by Gasteiger charge is -2.21. The summed E-state index contributed by atoms with van der Waals surface area (Å²) in [6.07, 6.45) is 11.2. The van der Waals surface area contributed by atoms with Crippen LogP contribution in [0.2, 0.25) is 0 Å². The minimum Gasteiger partial charge on any atom is -0.322 e. The first-order chi connectivity index (χ1) is 11.8. The van der Waals surface area contributed by atoms with Gasteiger partial charge >= 0.3 is 0 Å². The molecule has 3 heteroatoms. The molecule has 0 bridgehead atoms. The Labute approximate surface area is 142 Å². The van der Waals surface area contributed by atoms with E-state index < -0.39 is 0 Å². The lowest BCUT2D eigenvalue weighted by molar-refractivity contribution is -0.111. The number of anilines is 1. The molecular formula is C21H22N2O. The van der Waals surface area contributed by atoms with Crippen LogP contribution < -0.4 is 5.32 Å². The minimum atomic E-state index is -0.0491. The van der Waals surface area contributed by atoms with E-state index in [4.69, 9.17) is 4.98 Å². The summed E-state index contributed by atoms with van der Waals surface area (Å²) in [6.45, 7) is 0. The summed E-state index contributed by atoms with van der Waals surface area (Å²) < 4.78 is 0. The van der Waals surface area contributed by atoms with Crippen molar-refractivity contribution in [1.29, 1.82) is 0 Å². The zero-order valence-electron chi connectivity index (χ0n) is 13.8. The van der Waals surface area contributed by atoms with Crippen molar-refractivity contribution in [2.24, 2.45) is 0 Å². The minimum absolute atomic E-state index is 0.0491. The van der Waals surface area contributed by atoms with Crippen molar-refractivity contribution >= 4 is 17.7 Å². The zero-order valence-corrected chi connectivity index (χ0v) is 13.8. The molecule has 2 aliphatic carbocycles. The highest BCUT2D eigenvalue weighted by Crippen LogP contribution is 2.35. The molecule has 2 aromatic rings. The Morgan fingerprint density at radius 3 is 2.38 bits per heavy atom. The van der Waals surface area contributed by atoms with E-state index in [1.807, 2.05) is 36.4 Å².